The molecule has 0 bridgehead atoms. The zero-order chi connectivity index (χ0) is 13.3. The summed E-state index contributed by atoms with van der Waals surface area (Å²) in [6.45, 7) is 3.88. The number of carbonyl (C=O) groups is 1. The van der Waals surface area contributed by atoms with E-state index in [4.69, 9.17) is 0 Å². The predicted molar refractivity (Wildman–Crippen MR) is 74.8 cm³/mol. The van der Waals surface area contributed by atoms with Crippen LogP contribution in [0.4, 0.5) is 5.82 Å². The van der Waals surface area contributed by atoms with Crippen LogP contribution in [0.2, 0.25) is 0 Å². The Morgan fingerprint density at radius 3 is 2.72 bits per heavy atom. The number of nitrogens with zero attached hydrogens (tertiary/aromatic N) is 2. The minimum Gasteiger partial charge on any atom is -0.307 e. The Kier molecular flexibility index (Phi) is 3.52. The number of benzene rings is 1. The van der Waals surface area contributed by atoms with Gasteiger partial charge >= 0.3 is 0 Å². The third-order valence-electron chi connectivity index (χ3n) is 2.80. The molecule has 1 N–H and O–H groups in total. The Bertz CT molecular complexity index is 604. The molecular weight excluding hydrogens is 294 g/mol. The minimum absolute atomic E-state index is 0.125. The number of rotatable bonds is 2. The van der Waals surface area contributed by atoms with E-state index in [0.717, 1.165) is 15.6 Å². The van der Waals surface area contributed by atoms with Crippen LogP contribution in [0.15, 0.2) is 28.9 Å². The van der Waals surface area contributed by atoms with E-state index < -0.39 is 0 Å². The molecule has 18 heavy (non-hydrogen) atoms. The van der Waals surface area contributed by atoms with Gasteiger partial charge in [-0.25, -0.2) is 0 Å². The Morgan fingerprint density at radius 1 is 1.39 bits per heavy atom. The molecule has 0 fully saturated rings. The van der Waals surface area contributed by atoms with E-state index in [-0.39, 0.29) is 5.91 Å². The maximum Gasteiger partial charge on any atom is 0.257 e. The number of halogens is 1. The second-order valence-corrected chi connectivity index (χ2v) is 5.07. The highest BCUT2D eigenvalue weighted by Crippen LogP contribution is 2.22. The number of hydrogen-bond acceptors (Lipinski definition) is 2. The van der Waals surface area contributed by atoms with E-state index in [1.165, 1.54) is 0 Å². The van der Waals surface area contributed by atoms with Crippen molar-refractivity contribution >= 4 is 27.7 Å². The van der Waals surface area contributed by atoms with E-state index in [1.807, 2.05) is 26.0 Å². The monoisotopic (exact) mass is 307 g/mol. The number of aromatic nitrogens is 2. The quantitative estimate of drug-likeness (QED) is 0.927. The first-order chi connectivity index (χ1) is 8.49. The highest BCUT2D eigenvalue weighted by Gasteiger charge is 2.13. The summed E-state index contributed by atoms with van der Waals surface area (Å²) in [7, 11) is 1.79. The normalized spacial score (nSPS) is 10.4. The smallest absolute Gasteiger partial charge is 0.257 e. The number of hydrogen-bond donors (Lipinski definition) is 1. The summed E-state index contributed by atoms with van der Waals surface area (Å²) in [4.78, 5) is 12.2. The van der Waals surface area contributed by atoms with Gasteiger partial charge in [0, 0.05) is 23.2 Å². The van der Waals surface area contributed by atoms with Gasteiger partial charge in [-0.05, 0) is 37.1 Å². The Hall–Kier alpha value is -1.62. The molecule has 0 radical (unpaired) electrons. The van der Waals surface area contributed by atoms with Crippen molar-refractivity contribution in [3.8, 4) is 0 Å². The molecule has 94 valence electrons. The van der Waals surface area contributed by atoms with Crippen molar-refractivity contribution in [1.29, 1.82) is 0 Å². The van der Waals surface area contributed by atoms with Gasteiger partial charge in [0.1, 0.15) is 5.82 Å². The van der Waals surface area contributed by atoms with Crippen molar-refractivity contribution in [2.24, 2.45) is 7.05 Å². The molecule has 1 heterocycles. The van der Waals surface area contributed by atoms with Crippen LogP contribution < -0.4 is 5.32 Å². The molecule has 1 aromatic carbocycles. The van der Waals surface area contributed by atoms with Gasteiger partial charge in [0.15, 0.2) is 0 Å². The van der Waals surface area contributed by atoms with Gasteiger partial charge in [0.25, 0.3) is 5.91 Å². The number of anilines is 1. The fourth-order valence-electron chi connectivity index (χ4n) is 1.73. The lowest BCUT2D eigenvalue weighted by Gasteiger charge is -2.10. The third-order valence-corrected chi connectivity index (χ3v) is 3.62. The van der Waals surface area contributed by atoms with E-state index in [2.05, 4.69) is 26.3 Å². The number of amides is 1. The maximum absolute atomic E-state index is 12.2. The first-order valence-electron chi connectivity index (χ1n) is 5.55. The van der Waals surface area contributed by atoms with Gasteiger partial charge in [-0.1, -0.05) is 15.9 Å². The van der Waals surface area contributed by atoms with Crippen LogP contribution in [-0.2, 0) is 7.05 Å². The molecule has 0 spiro atoms. The third kappa shape index (κ3) is 2.46. The van der Waals surface area contributed by atoms with Gasteiger partial charge in [-0.15, -0.1) is 0 Å². The van der Waals surface area contributed by atoms with Crippen molar-refractivity contribution in [3.63, 3.8) is 0 Å². The molecule has 2 rings (SSSR count). The highest BCUT2D eigenvalue weighted by molar-refractivity contribution is 9.10. The van der Waals surface area contributed by atoms with Crippen molar-refractivity contribution in [2.45, 2.75) is 13.8 Å². The molecule has 0 unspecified atom stereocenters. The van der Waals surface area contributed by atoms with Crippen LogP contribution in [-0.4, -0.2) is 15.7 Å². The van der Waals surface area contributed by atoms with Gasteiger partial charge in [0.05, 0.1) is 6.20 Å². The first-order valence-corrected chi connectivity index (χ1v) is 6.34. The van der Waals surface area contributed by atoms with Gasteiger partial charge < -0.3 is 5.32 Å². The van der Waals surface area contributed by atoms with Crippen molar-refractivity contribution in [1.82, 2.24) is 9.78 Å². The van der Waals surface area contributed by atoms with Crippen LogP contribution in [0, 0.1) is 13.8 Å². The highest BCUT2D eigenvalue weighted by atomic mass is 79.9. The Morgan fingerprint density at radius 2 is 2.11 bits per heavy atom. The SMILES string of the molecule is Cc1cc(Br)c(C)c(C(=O)Nc2ccnn2C)c1. The van der Waals surface area contributed by atoms with Crippen LogP contribution in [0.25, 0.3) is 0 Å². The molecule has 5 heteroatoms. The molecule has 4 nitrogen and oxygen atoms in total. The summed E-state index contributed by atoms with van der Waals surface area (Å²) in [5.74, 6) is 0.553. The van der Waals surface area contributed by atoms with E-state index in [9.17, 15) is 4.79 Å². The van der Waals surface area contributed by atoms with E-state index in [0.29, 0.717) is 11.4 Å². The Labute approximate surface area is 114 Å². The van der Waals surface area contributed by atoms with E-state index in [1.54, 1.807) is 24.0 Å². The zero-order valence-electron chi connectivity index (χ0n) is 10.5. The standard InChI is InChI=1S/C13H14BrN3O/c1-8-6-10(9(2)11(14)7-8)13(18)16-12-4-5-15-17(12)3/h4-7H,1-3H3,(H,16,18). The first kappa shape index (κ1) is 12.8. The molecule has 0 aliphatic heterocycles. The predicted octanol–water partition coefficient (Wildman–Crippen LogP) is 3.05. The van der Waals surface area contributed by atoms with Gasteiger partial charge in [-0.3, -0.25) is 9.48 Å². The topological polar surface area (TPSA) is 46.9 Å². The van der Waals surface area contributed by atoms with Crippen LogP contribution in [0.1, 0.15) is 21.5 Å². The second-order valence-electron chi connectivity index (χ2n) is 4.21. The van der Waals surface area contributed by atoms with Gasteiger partial charge in [-0.2, -0.15) is 5.10 Å². The molecule has 0 saturated carbocycles. The molecule has 1 amide bonds. The average molecular weight is 308 g/mol. The molecule has 0 aliphatic rings. The van der Waals surface area contributed by atoms with Gasteiger partial charge in [0.2, 0.25) is 0 Å². The van der Waals surface area contributed by atoms with Crippen LogP contribution in [0.5, 0.6) is 0 Å². The molecule has 1 aromatic heterocycles. The molecule has 2 aromatic rings. The second kappa shape index (κ2) is 4.94. The number of carbonyl (C=O) groups excluding carboxylic acids is 1. The summed E-state index contributed by atoms with van der Waals surface area (Å²) in [5, 5.41) is 6.86. The lowest BCUT2D eigenvalue weighted by molar-refractivity contribution is 0.102. The maximum atomic E-state index is 12.2. The number of aryl methyl sites for hydroxylation is 2. The minimum atomic E-state index is -0.125. The summed E-state index contributed by atoms with van der Waals surface area (Å²) >= 11 is 3.46. The Balaban J connectivity index is 2.32. The number of nitrogens with one attached hydrogen (secondary N) is 1. The molecule has 0 atom stereocenters. The van der Waals surface area contributed by atoms with Crippen LogP contribution >= 0.6 is 15.9 Å². The molecule has 0 aliphatic carbocycles. The van der Waals surface area contributed by atoms with Crippen molar-refractivity contribution in [2.75, 3.05) is 5.32 Å². The summed E-state index contributed by atoms with van der Waals surface area (Å²) in [5.41, 5.74) is 2.64. The fraction of sp³-hybridized carbons (Fsp3) is 0.231. The fourth-order valence-corrected chi connectivity index (χ4v) is 2.31. The lowest BCUT2D eigenvalue weighted by Crippen LogP contribution is -2.16. The van der Waals surface area contributed by atoms with Crippen molar-refractivity contribution < 1.29 is 4.79 Å². The van der Waals surface area contributed by atoms with Crippen molar-refractivity contribution in [3.05, 3.63) is 45.6 Å². The van der Waals surface area contributed by atoms with E-state index >= 15 is 0 Å². The lowest BCUT2D eigenvalue weighted by atomic mass is 10.1. The summed E-state index contributed by atoms with van der Waals surface area (Å²) < 4.78 is 2.57. The molecule has 0 saturated heterocycles. The summed E-state index contributed by atoms with van der Waals surface area (Å²) in [6.07, 6.45) is 1.65. The van der Waals surface area contributed by atoms with Crippen LogP contribution in [0.3, 0.4) is 0 Å². The average Bonchev–Trinajstić information content (AvgIpc) is 2.69. The largest absolute Gasteiger partial charge is 0.307 e. The summed E-state index contributed by atoms with van der Waals surface area (Å²) in [6, 6.07) is 5.64. The molecular formula is C13H14BrN3O. The zero-order valence-corrected chi connectivity index (χ0v) is 12.1.